The van der Waals surface area contributed by atoms with Gasteiger partial charge in [-0.3, -0.25) is 5.14 Å². The molecule has 0 spiro atoms. The fourth-order valence-corrected chi connectivity index (χ4v) is 2.14. The van der Waals surface area contributed by atoms with Gasteiger partial charge in [-0.1, -0.05) is 6.92 Å². The zero-order valence-corrected chi connectivity index (χ0v) is 12.0. The fourth-order valence-electron chi connectivity index (χ4n) is 1.51. The zero-order chi connectivity index (χ0) is 12.3. The van der Waals surface area contributed by atoms with E-state index in [1.54, 1.807) is 0 Å². The number of halogens is 1. The van der Waals surface area contributed by atoms with Gasteiger partial charge in [0.05, 0.1) is 21.4 Å². The minimum absolute atomic E-state index is 0.183. The quantitative estimate of drug-likeness (QED) is 0.926. The number of hydrogen-bond donors (Lipinski definition) is 1. The van der Waals surface area contributed by atoms with Crippen molar-refractivity contribution in [2.45, 2.75) is 37.9 Å². The maximum absolute atomic E-state index is 11.3. The molecule has 6 heteroatoms. The average Bonchev–Trinajstić information content (AvgIpc) is 2.17. The van der Waals surface area contributed by atoms with Crippen molar-refractivity contribution in [3.63, 3.8) is 0 Å². The van der Waals surface area contributed by atoms with Gasteiger partial charge in [-0.15, -0.1) is 5.10 Å². The van der Waals surface area contributed by atoms with Gasteiger partial charge < -0.3 is 0 Å². The molecule has 0 fully saturated rings. The highest BCUT2D eigenvalue weighted by Gasteiger charge is 2.27. The number of nitrogens with zero attached hydrogens (tertiary/aromatic N) is 2. The van der Waals surface area contributed by atoms with Gasteiger partial charge in [0, 0.05) is 5.92 Å². The summed E-state index contributed by atoms with van der Waals surface area (Å²) in [5.74, 6) is 0.183. The number of hydrogen-bond acceptors (Lipinski definition) is 3. The lowest BCUT2D eigenvalue weighted by atomic mass is 9.95. The lowest BCUT2D eigenvalue weighted by Gasteiger charge is -2.24. The third-order valence-electron chi connectivity index (χ3n) is 2.50. The van der Waals surface area contributed by atoms with Crippen LogP contribution in [0, 0.1) is 0 Å². The Kier molecular flexibility index (Phi) is 4.58. The van der Waals surface area contributed by atoms with Crippen molar-refractivity contribution in [3.05, 3.63) is 22.4 Å². The third-order valence-corrected chi connectivity index (χ3v) is 4.18. The summed E-state index contributed by atoms with van der Waals surface area (Å²) in [5, 5.41) is 13.5. The Morgan fingerprint density at radius 2 is 2.12 bits per heavy atom. The molecule has 0 saturated heterocycles. The second-order valence-corrected chi connectivity index (χ2v) is 6.96. The van der Waals surface area contributed by atoms with Crippen LogP contribution in [0.3, 0.4) is 0 Å². The average molecular weight is 306 g/mol. The molecule has 2 atom stereocenters. The molecule has 1 rings (SSSR count). The van der Waals surface area contributed by atoms with Gasteiger partial charge in [-0.25, -0.2) is 4.21 Å². The molecule has 0 aliphatic rings. The van der Waals surface area contributed by atoms with Crippen molar-refractivity contribution < 1.29 is 4.21 Å². The minimum atomic E-state index is -1.33. The van der Waals surface area contributed by atoms with E-state index in [-0.39, 0.29) is 5.92 Å². The summed E-state index contributed by atoms with van der Waals surface area (Å²) in [6, 6.07) is 3.77. The van der Waals surface area contributed by atoms with Crippen molar-refractivity contribution in [1.82, 2.24) is 10.2 Å². The molecule has 4 nitrogen and oxygen atoms in total. The Morgan fingerprint density at radius 3 is 2.56 bits per heavy atom. The molecule has 16 heavy (non-hydrogen) atoms. The van der Waals surface area contributed by atoms with E-state index >= 15 is 0 Å². The molecule has 90 valence electrons. The van der Waals surface area contributed by atoms with Crippen LogP contribution in [0.2, 0.25) is 0 Å². The normalized spacial score (nSPS) is 15.8. The maximum Gasteiger partial charge on any atom is 0.128 e. The van der Waals surface area contributed by atoms with Gasteiger partial charge >= 0.3 is 0 Å². The van der Waals surface area contributed by atoms with E-state index in [9.17, 15) is 4.21 Å². The SMILES string of the molecule is C[C@@H](CC(C)(C)S(N)=O)c1ccc(Br)nn1. The van der Waals surface area contributed by atoms with Crippen molar-refractivity contribution in [2.75, 3.05) is 0 Å². The van der Waals surface area contributed by atoms with Crippen molar-refractivity contribution >= 4 is 26.9 Å². The number of rotatable bonds is 4. The Bertz CT molecular complexity index is 380. The monoisotopic (exact) mass is 305 g/mol. The van der Waals surface area contributed by atoms with E-state index in [4.69, 9.17) is 5.14 Å². The molecule has 1 unspecified atom stereocenters. The van der Waals surface area contributed by atoms with Crippen LogP contribution in [0.5, 0.6) is 0 Å². The molecule has 0 radical (unpaired) electrons. The van der Waals surface area contributed by atoms with Crippen molar-refractivity contribution in [1.29, 1.82) is 0 Å². The van der Waals surface area contributed by atoms with Gasteiger partial charge in [0.2, 0.25) is 0 Å². The van der Waals surface area contributed by atoms with Crippen molar-refractivity contribution in [2.24, 2.45) is 5.14 Å². The first-order valence-corrected chi connectivity index (χ1v) is 6.99. The molecule has 1 aromatic heterocycles. The maximum atomic E-state index is 11.3. The molecule has 2 N–H and O–H groups in total. The molecule has 1 heterocycles. The Balaban J connectivity index is 2.76. The molecule has 0 bridgehead atoms. The first-order chi connectivity index (χ1) is 7.33. The first-order valence-electron chi connectivity index (χ1n) is 4.98. The van der Waals surface area contributed by atoms with E-state index in [1.807, 2.05) is 32.9 Å². The molecule has 0 saturated carbocycles. The fraction of sp³-hybridized carbons (Fsp3) is 0.600. The summed E-state index contributed by atoms with van der Waals surface area (Å²) >= 11 is 3.24. The zero-order valence-electron chi connectivity index (χ0n) is 9.61. The van der Waals surface area contributed by atoms with Crippen LogP contribution in [0.4, 0.5) is 0 Å². The predicted molar refractivity (Wildman–Crippen MR) is 69.2 cm³/mol. The number of aromatic nitrogens is 2. The molecule has 1 aromatic rings. The Hall–Kier alpha value is -0.330. The highest BCUT2D eigenvalue weighted by Crippen LogP contribution is 2.27. The second kappa shape index (κ2) is 5.33. The predicted octanol–water partition coefficient (Wildman–Crippen LogP) is 2.13. The van der Waals surface area contributed by atoms with E-state index < -0.39 is 15.7 Å². The molecule has 0 aliphatic heterocycles. The highest BCUT2D eigenvalue weighted by molar-refractivity contribution is 9.10. The van der Waals surface area contributed by atoms with Gasteiger partial charge in [0.25, 0.3) is 0 Å². The Morgan fingerprint density at radius 1 is 1.50 bits per heavy atom. The van der Waals surface area contributed by atoms with E-state index in [0.717, 1.165) is 5.69 Å². The lowest BCUT2D eigenvalue weighted by molar-refractivity contribution is 0.530. The summed E-state index contributed by atoms with van der Waals surface area (Å²) in [4.78, 5) is 0. The van der Waals surface area contributed by atoms with E-state index in [2.05, 4.69) is 26.1 Å². The van der Waals surface area contributed by atoms with Crippen LogP contribution in [-0.2, 0) is 11.0 Å². The summed E-state index contributed by atoms with van der Waals surface area (Å²) in [6.07, 6.45) is 0.715. The van der Waals surface area contributed by atoms with Crippen LogP contribution >= 0.6 is 15.9 Å². The summed E-state index contributed by atoms with van der Waals surface area (Å²) < 4.78 is 11.6. The highest BCUT2D eigenvalue weighted by atomic mass is 79.9. The van der Waals surface area contributed by atoms with Gasteiger partial charge in [-0.05, 0) is 48.3 Å². The second-order valence-electron chi connectivity index (χ2n) is 4.44. The largest absolute Gasteiger partial charge is 0.251 e. The number of nitrogens with two attached hydrogens (primary N) is 1. The van der Waals surface area contributed by atoms with Crippen LogP contribution in [0.15, 0.2) is 16.7 Å². The van der Waals surface area contributed by atoms with Crippen LogP contribution < -0.4 is 5.14 Å². The van der Waals surface area contributed by atoms with Crippen LogP contribution in [-0.4, -0.2) is 19.2 Å². The van der Waals surface area contributed by atoms with Gasteiger partial charge in [0.1, 0.15) is 4.60 Å². The molecular formula is C10H16BrN3OS. The summed E-state index contributed by atoms with van der Waals surface area (Å²) in [6.45, 7) is 5.82. The van der Waals surface area contributed by atoms with Crippen molar-refractivity contribution in [3.8, 4) is 0 Å². The van der Waals surface area contributed by atoms with Crippen LogP contribution in [0.1, 0.15) is 38.8 Å². The van der Waals surface area contributed by atoms with Gasteiger partial charge in [-0.2, -0.15) is 5.10 Å². The molecular weight excluding hydrogens is 290 g/mol. The Labute approximate surface area is 107 Å². The van der Waals surface area contributed by atoms with Crippen LogP contribution in [0.25, 0.3) is 0 Å². The topological polar surface area (TPSA) is 68.9 Å². The minimum Gasteiger partial charge on any atom is -0.251 e. The van der Waals surface area contributed by atoms with Gasteiger partial charge in [0.15, 0.2) is 0 Å². The lowest BCUT2D eigenvalue weighted by Crippen LogP contribution is -2.33. The molecule has 0 aliphatic carbocycles. The molecule has 0 amide bonds. The third kappa shape index (κ3) is 3.61. The summed E-state index contributed by atoms with van der Waals surface area (Å²) in [5.41, 5.74) is 0.890. The molecule has 0 aromatic carbocycles. The summed E-state index contributed by atoms with van der Waals surface area (Å²) in [7, 11) is -1.33. The van der Waals surface area contributed by atoms with E-state index in [0.29, 0.717) is 11.0 Å². The smallest absolute Gasteiger partial charge is 0.128 e. The first kappa shape index (κ1) is 13.7. The van der Waals surface area contributed by atoms with E-state index in [1.165, 1.54) is 0 Å². The standard InChI is InChI=1S/C10H16BrN3OS/c1-7(6-10(2,3)16(12)15)8-4-5-9(11)14-13-8/h4-5,7H,6,12H2,1-3H3/t7-,16?/m0/s1.